The van der Waals surface area contributed by atoms with Crippen LogP contribution in [0.25, 0.3) is 22.3 Å². The van der Waals surface area contributed by atoms with E-state index in [1.165, 1.54) is 6.33 Å². The van der Waals surface area contributed by atoms with Crippen molar-refractivity contribution in [2.45, 2.75) is 19.4 Å². The second-order valence-electron chi connectivity index (χ2n) is 8.71. The minimum atomic E-state index is -0.293. The Labute approximate surface area is 218 Å². The van der Waals surface area contributed by atoms with E-state index >= 15 is 0 Å². The summed E-state index contributed by atoms with van der Waals surface area (Å²) in [6.07, 6.45) is 5.42. The zero-order valence-corrected chi connectivity index (χ0v) is 20.9. The predicted octanol–water partition coefficient (Wildman–Crippen LogP) is 2.57. The van der Waals surface area contributed by atoms with Crippen molar-refractivity contribution in [2.75, 3.05) is 31.2 Å². The number of fused-ring (bicyclic) bond motifs is 1. The summed E-state index contributed by atoms with van der Waals surface area (Å²) in [4.78, 5) is 43.6. The average molecular weight is 508 g/mol. The second-order valence-corrected chi connectivity index (χ2v) is 8.71. The number of aliphatic imine (C=N–C) groups is 1. The van der Waals surface area contributed by atoms with Crippen LogP contribution in [0, 0.1) is 11.8 Å². The molecule has 11 nitrogen and oxygen atoms in total. The van der Waals surface area contributed by atoms with Crippen molar-refractivity contribution in [3.8, 4) is 23.1 Å². The third-order valence-corrected chi connectivity index (χ3v) is 6.27. The van der Waals surface area contributed by atoms with E-state index in [4.69, 9.17) is 10.8 Å². The van der Waals surface area contributed by atoms with Gasteiger partial charge in [-0.15, -0.1) is 0 Å². The van der Waals surface area contributed by atoms with Gasteiger partial charge in [0.1, 0.15) is 23.7 Å². The monoisotopic (exact) mass is 507 g/mol. The highest BCUT2D eigenvalue weighted by molar-refractivity contribution is 6.05. The van der Waals surface area contributed by atoms with Gasteiger partial charge < -0.3 is 16.0 Å². The van der Waals surface area contributed by atoms with E-state index in [9.17, 15) is 9.59 Å². The van der Waals surface area contributed by atoms with Crippen molar-refractivity contribution in [1.29, 1.82) is 0 Å². The Morgan fingerprint density at radius 1 is 1.18 bits per heavy atom. The molecule has 1 saturated heterocycles. The molecule has 1 atom stereocenters. The Kier molecular flexibility index (Phi) is 6.78. The van der Waals surface area contributed by atoms with E-state index in [-0.39, 0.29) is 17.9 Å². The molecule has 2 amide bonds. The van der Waals surface area contributed by atoms with Gasteiger partial charge in [0, 0.05) is 43.7 Å². The van der Waals surface area contributed by atoms with E-state index in [2.05, 4.69) is 37.1 Å². The molecule has 11 heteroatoms. The predicted molar refractivity (Wildman–Crippen MR) is 145 cm³/mol. The first-order chi connectivity index (χ1) is 18.5. The SMILES string of the molecule is CC#CC(=O)N1CC[C@@H](n2nc(-c3ccc(C(=O)Nc4cc(C=NC)ccn4)cc3)c3c(N)ncnc32)C1. The molecule has 190 valence electrons. The number of pyridine rings is 1. The lowest BCUT2D eigenvalue weighted by atomic mass is 10.1. The fraction of sp³-hybridized carbons (Fsp3) is 0.222. The minimum absolute atomic E-state index is 0.0748. The maximum absolute atomic E-state index is 12.8. The van der Waals surface area contributed by atoms with Gasteiger partial charge in [0.05, 0.1) is 11.4 Å². The number of aromatic nitrogens is 5. The zero-order chi connectivity index (χ0) is 26.6. The number of nitrogens with two attached hydrogens (primary N) is 1. The van der Waals surface area contributed by atoms with Gasteiger partial charge in [0.2, 0.25) is 0 Å². The molecule has 3 aromatic heterocycles. The summed E-state index contributed by atoms with van der Waals surface area (Å²) < 4.78 is 1.81. The number of hydrogen-bond acceptors (Lipinski definition) is 8. The number of carbonyl (C=O) groups excluding carboxylic acids is 2. The number of nitrogens with zero attached hydrogens (tertiary/aromatic N) is 7. The molecular weight excluding hydrogens is 482 g/mol. The summed E-state index contributed by atoms with van der Waals surface area (Å²) in [6, 6.07) is 10.5. The van der Waals surface area contributed by atoms with E-state index in [1.54, 1.807) is 55.5 Å². The smallest absolute Gasteiger partial charge is 0.298 e. The van der Waals surface area contributed by atoms with Crippen molar-refractivity contribution >= 4 is 40.7 Å². The average Bonchev–Trinajstić information content (AvgIpc) is 3.56. The van der Waals surface area contributed by atoms with E-state index < -0.39 is 0 Å². The summed E-state index contributed by atoms with van der Waals surface area (Å²) in [5.41, 5.74) is 9.51. The van der Waals surface area contributed by atoms with Crippen LogP contribution in [-0.2, 0) is 4.79 Å². The van der Waals surface area contributed by atoms with Gasteiger partial charge in [0.25, 0.3) is 11.8 Å². The van der Waals surface area contributed by atoms with Crippen LogP contribution in [0.1, 0.15) is 35.3 Å². The van der Waals surface area contributed by atoms with Crippen LogP contribution in [-0.4, -0.2) is 67.8 Å². The first-order valence-electron chi connectivity index (χ1n) is 12.0. The zero-order valence-electron chi connectivity index (χ0n) is 20.9. The quantitative estimate of drug-likeness (QED) is 0.312. The number of hydrogen-bond donors (Lipinski definition) is 2. The van der Waals surface area contributed by atoms with Gasteiger partial charge in [-0.25, -0.2) is 19.6 Å². The lowest BCUT2D eigenvalue weighted by Gasteiger charge is -2.14. The van der Waals surface area contributed by atoms with Gasteiger partial charge in [0.15, 0.2) is 5.65 Å². The van der Waals surface area contributed by atoms with E-state index in [0.29, 0.717) is 47.0 Å². The van der Waals surface area contributed by atoms with Crippen LogP contribution < -0.4 is 11.1 Å². The molecule has 4 heterocycles. The molecule has 38 heavy (non-hydrogen) atoms. The molecule has 1 aliphatic rings. The summed E-state index contributed by atoms with van der Waals surface area (Å²) in [5, 5.41) is 8.28. The molecule has 1 aromatic carbocycles. The third kappa shape index (κ3) is 4.79. The summed E-state index contributed by atoms with van der Waals surface area (Å²) in [5.74, 6) is 5.50. The van der Waals surface area contributed by atoms with Crippen LogP contribution >= 0.6 is 0 Å². The third-order valence-electron chi connectivity index (χ3n) is 6.27. The first-order valence-corrected chi connectivity index (χ1v) is 12.0. The molecule has 1 fully saturated rings. The van der Waals surface area contributed by atoms with Gasteiger partial charge in [-0.3, -0.25) is 14.6 Å². The molecule has 0 radical (unpaired) electrons. The maximum atomic E-state index is 12.8. The molecule has 5 rings (SSSR count). The van der Waals surface area contributed by atoms with Crippen LogP contribution in [0.15, 0.2) is 53.9 Å². The summed E-state index contributed by atoms with van der Waals surface area (Å²) in [6.45, 7) is 2.71. The fourth-order valence-corrected chi connectivity index (χ4v) is 4.48. The van der Waals surface area contributed by atoms with E-state index in [0.717, 1.165) is 17.5 Å². The number of nitrogens with one attached hydrogen (secondary N) is 1. The molecule has 0 bridgehead atoms. The molecule has 3 N–H and O–H groups in total. The topological polar surface area (TPSA) is 144 Å². The second kappa shape index (κ2) is 10.5. The van der Waals surface area contributed by atoms with Gasteiger partial charge in [-0.1, -0.05) is 18.1 Å². The van der Waals surface area contributed by atoms with Crippen molar-refractivity contribution in [1.82, 2.24) is 29.6 Å². The summed E-state index contributed by atoms with van der Waals surface area (Å²) in [7, 11) is 1.68. The molecule has 1 aliphatic heterocycles. The number of nitrogen functional groups attached to an aromatic ring is 1. The lowest BCUT2D eigenvalue weighted by Crippen LogP contribution is -2.28. The van der Waals surface area contributed by atoms with Gasteiger partial charge in [-0.2, -0.15) is 5.10 Å². The standard InChI is InChI=1S/C27H25N9O2/c1-3-4-22(37)35-12-10-20(15-35)36-26-23(25(28)31-16-32-26)24(34-36)18-5-7-19(8-6-18)27(38)33-21-13-17(14-29-2)9-11-30-21/h5-9,11,13-14,16,20H,10,12,15H2,1-2H3,(H2,28,31,32)(H,30,33,38)/t20-/m1/s1. The number of likely N-dealkylation sites (tertiary alicyclic amines) is 1. The van der Waals surface area contributed by atoms with Crippen molar-refractivity contribution in [3.05, 3.63) is 60.0 Å². The minimum Gasteiger partial charge on any atom is -0.383 e. The van der Waals surface area contributed by atoms with Crippen LogP contribution in [0.3, 0.4) is 0 Å². The molecular formula is C27H25N9O2. The molecule has 0 spiro atoms. The number of rotatable bonds is 5. The normalized spacial score (nSPS) is 15.0. The highest BCUT2D eigenvalue weighted by atomic mass is 16.2. The number of anilines is 2. The van der Waals surface area contributed by atoms with E-state index in [1.807, 2.05) is 16.8 Å². The Morgan fingerprint density at radius 3 is 2.76 bits per heavy atom. The number of carbonyl (C=O) groups is 2. The largest absolute Gasteiger partial charge is 0.383 e. The van der Waals surface area contributed by atoms with Crippen molar-refractivity contribution in [3.63, 3.8) is 0 Å². The molecule has 0 aliphatic carbocycles. The van der Waals surface area contributed by atoms with Gasteiger partial charge >= 0.3 is 0 Å². The van der Waals surface area contributed by atoms with Crippen LogP contribution in [0.2, 0.25) is 0 Å². The Balaban J connectivity index is 1.42. The Hall–Kier alpha value is -5.11. The summed E-state index contributed by atoms with van der Waals surface area (Å²) >= 11 is 0. The molecule has 4 aromatic rings. The Bertz CT molecular complexity index is 1610. The maximum Gasteiger partial charge on any atom is 0.298 e. The highest BCUT2D eigenvalue weighted by Gasteiger charge is 2.30. The Morgan fingerprint density at radius 2 is 2.00 bits per heavy atom. The molecule has 0 unspecified atom stereocenters. The number of amides is 2. The fourth-order valence-electron chi connectivity index (χ4n) is 4.48. The lowest BCUT2D eigenvalue weighted by molar-refractivity contribution is -0.124. The highest BCUT2D eigenvalue weighted by Crippen LogP contribution is 2.34. The number of benzene rings is 1. The van der Waals surface area contributed by atoms with Gasteiger partial charge in [-0.05, 0) is 49.1 Å². The van der Waals surface area contributed by atoms with Crippen molar-refractivity contribution < 1.29 is 9.59 Å². The van der Waals surface area contributed by atoms with Crippen LogP contribution in [0.5, 0.6) is 0 Å². The van der Waals surface area contributed by atoms with Crippen LogP contribution in [0.4, 0.5) is 11.6 Å². The first kappa shape index (κ1) is 24.6. The van der Waals surface area contributed by atoms with Crippen molar-refractivity contribution in [2.24, 2.45) is 4.99 Å². The molecule has 0 saturated carbocycles.